The number of hydrogen-bond donors (Lipinski definition) is 0. The lowest BCUT2D eigenvalue weighted by Gasteiger charge is -2.05. The Balaban J connectivity index is 1.67. The number of benzene rings is 1. The fourth-order valence-electron chi connectivity index (χ4n) is 2.68. The van der Waals surface area contributed by atoms with Gasteiger partial charge in [-0.3, -0.25) is 0 Å². The fraction of sp³-hybridized carbons (Fsp3) is 0.0588. The summed E-state index contributed by atoms with van der Waals surface area (Å²) in [4.78, 5) is 5.41. The van der Waals surface area contributed by atoms with Gasteiger partial charge in [0, 0.05) is 5.39 Å². The van der Waals surface area contributed by atoms with Crippen molar-refractivity contribution in [2.24, 2.45) is 0 Å². The highest BCUT2D eigenvalue weighted by Crippen LogP contribution is 2.30. The highest BCUT2D eigenvalue weighted by molar-refractivity contribution is 7.19. The largest absolute Gasteiger partial charge is 0.494 e. The molecule has 8 heteroatoms. The molecule has 0 aliphatic carbocycles. The van der Waals surface area contributed by atoms with Crippen LogP contribution in [0, 0.1) is 0 Å². The average molecular weight is 349 g/mol. The van der Waals surface area contributed by atoms with Gasteiger partial charge in [-0.25, -0.2) is 4.98 Å². The Labute approximate surface area is 145 Å². The summed E-state index contributed by atoms with van der Waals surface area (Å²) >= 11 is 1.42. The molecule has 0 saturated heterocycles. The Morgan fingerprint density at radius 1 is 1.08 bits per heavy atom. The predicted molar refractivity (Wildman–Crippen MR) is 93.7 cm³/mol. The van der Waals surface area contributed by atoms with Crippen LogP contribution in [0.3, 0.4) is 0 Å². The average Bonchev–Trinajstić information content (AvgIpc) is 3.37. The highest BCUT2D eigenvalue weighted by Gasteiger charge is 2.17. The van der Waals surface area contributed by atoms with Crippen molar-refractivity contribution in [3.8, 4) is 28.0 Å². The van der Waals surface area contributed by atoms with E-state index in [-0.39, 0.29) is 0 Å². The van der Waals surface area contributed by atoms with Crippen LogP contribution < -0.4 is 4.74 Å². The first-order valence-corrected chi connectivity index (χ1v) is 8.35. The quantitative estimate of drug-likeness (QED) is 0.494. The summed E-state index contributed by atoms with van der Waals surface area (Å²) in [5.74, 6) is 1.93. The number of furan rings is 1. The molecule has 4 heterocycles. The lowest BCUT2D eigenvalue weighted by atomic mass is 10.2. The van der Waals surface area contributed by atoms with Crippen molar-refractivity contribution in [3.63, 3.8) is 0 Å². The molecule has 122 valence electrons. The summed E-state index contributed by atoms with van der Waals surface area (Å²) in [6.07, 6.45) is 1.60. The maximum absolute atomic E-state index is 5.41. The van der Waals surface area contributed by atoms with Gasteiger partial charge in [0.25, 0.3) is 0 Å². The number of nitrogens with zero attached hydrogens (tertiary/aromatic N) is 5. The lowest BCUT2D eigenvalue weighted by molar-refractivity contribution is 0.419. The molecule has 0 bridgehead atoms. The summed E-state index contributed by atoms with van der Waals surface area (Å²) in [6.45, 7) is 0. The van der Waals surface area contributed by atoms with Crippen LogP contribution in [0.15, 0.2) is 53.1 Å². The van der Waals surface area contributed by atoms with Crippen LogP contribution >= 0.6 is 11.3 Å². The van der Waals surface area contributed by atoms with Gasteiger partial charge in [0.15, 0.2) is 10.8 Å². The van der Waals surface area contributed by atoms with E-state index in [1.165, 1.54) is 11.3 Å². The van der Waals surface area contributed by atoms with Crippen LogP contribution in [0.25, 0.3) is 38.2 Å². The zero-order chi connectivity index (χ0) is 16.8. The number of hydrogen-bond acceptors (Lipinski definition) is 7. The third-order valence-electron chi connectivity index (χ3n) is 3.85. The standard InChI is InChI=1S/C17H11N5O2S/c1-23-12-5-2-4-10-7-8-11(18-14(10)12)16-21-22-15(13-6-3-9-24-13)19-20-17(22)25-16/h2-9H,1H3. The van der Waals surface area contributed by atoms with Crippen molar-refractivity contribution in [2.45, 2.75) is 0 Å². The first kappa shape index (κ1) is 14.1. The number of pyridine rings is 1. The van der Waals surface area contributed by atoms with Crippen LogP contribution in [-0.4, -0.2) is 31.9 Å². The molecule has 0 aliphatic heterocycles. The molecule has 0 unspecified atom stereocenters. The normalized spacial score (nSPS) is 11.4. The van der Waals surface area contributed by atoms with E-state index in [1.807, 2.05) is 36.4 Å². The Morgan fingerprint density at radius 2 is 2.04 bits per heavy atom. The van der Waals surface area contributed by atoms with Crippen LogP contribution in [0.2, 0.25) is 0 Å². The van der Waals surface area contributed by atoms with E-state index in [9.17, 15) is 0 Å². The molecule has 0 fully saturated rings. The third kappa shape index (κ3) is 2.18. The molecule has 0 saturated carbocycles. The Hall–Kier alpha value is -3.26. The van der Waals surface area contributed by atoms with Crippen molar-refractivity contribution in [1.29, 1.82) is 0 Å². The lowest BCUT2D eigenvalue weighted by Crippen LogP contribution is -1.92. The monoisotopic (exact) mass is 349 g/mol. The molecule has 0 spiro atoms. The number of fused-ring (bicyclic) bond motifs is 2. The number of para-hydroxylation sites is 1. The van der Waals surface area contributed by atoms with Gasteiger partial charge in [0.1, 0.15) is 17.0 Å². The predicted octanol–water partition coefficient (Wildman–Crippen LogP) is 3.67. The summed E-state index contributed by atoms with van der Waals surface area (Å²) in [5, 5.41) is 14.7. The van der Waals surface area contributed by atoms with Gasteiger partial charge in [0.2, 0.25) is 10.8 Å². The number of aromatic nitrogens is 5. The maximum atomic E-state index is 5.41. The second-order valence-electron chi connectivity index (χ2n) is 5.33. The molecule has 0 aliphatic rings. The molecule has 0 radical (unpaired) electrons. The van der Waals surface area contributed by atoms with Crippen LogP contribution in [0.1, 0.15) is 0 Å². The molecular weight excluding hydrogens is 338 g/mol. The second-order valence-corrected chi connectivity index (χ2v) is 6.29. The van der Waals surface area contributed by atoms with E-state index in [0.29, 0.717) is 16.5 Å². The van der Waals surface area contributed by atoms with E-state index in [4.69, 9.17) is 14.1 Å². The van der Waals surface area contributed by atoms with Crippen LogP contribution in [0.4, 0.5) is 0 Å². The minimum atomic E-state index is 0.570. The summed E-state index contributed by atoms with van der Waals surface area (Å²) in [6, 6.07) is 13.4. The minimum Gasteiger partial charge on any atom is -0.494 e. The number of ether oxygens (including phenoxy) is 1. The molecule has 0 amide bonds. The molecule has 25 heavy (non-hydrogen) atoms. The fourth-order valence-corrected chi connectivity index (χ4v) is 3.49. The van der Waals surface area contributed by atoms with Crippen molar-refractivity contribution >= 4 is 27.2 Å². The second kappa shape index (κ2) is 5.38. The van der Waals surface area contributed by atoms with Crippen molar-refractivity contribution in [2.75, 3.05) is 7.11 Å². The van der Waals surface area contributed by atoms with E-state index < -0.39 is 0 Å². The molecule has 1 aromatic carbocycles. The van der Waals surface area contributed by atoms with Gasteiger partial charge in [0.05, 0.1) is 13.4 Å². The Bertz CT molecular complexity index is 1190. The first-order chi connectivity index (χ1) is 12.3. The smallest absolute Gasteiger partial charge is 0.235 e. The molecule has 4 aromatic heterocycles. The van der Waals surface area contributed by atoms with Gasteiger partial charge in [-0.2, -0.15) is 9.61 Å². The minimum absolute atomic E-state index is 0.570. The number of rotatable bonds is 3. The zero-order valence-corrected chi connectivity index (χ0v) is 13.9. The third-order valence-corrected chi connectivity index (χ3v) is 4.78. The molecule has 0 N–H and O–H groups in total. The molecule has 0 atom stereocenters. The van der Waals surface area contributed by atoms with Gasteiger partial charge >= 0.3 is 0 Å². The van der Waals surface area contributed by atoms with Gasteiger partial charge < -0.3 is 9.15 Å². The van der Waals surface area contributed by atoms with E-state index >= 15 is 0 Å². The van der Waals surface area contributed by atoms with E-state index in [2.05, 4.69) is 15.3 Å². The highest BCUT2D eigenvalue weighted by atomic mass is 32.1. The van der Waals surface area contributed by atoms with Crippen LogP contribution in [-0.2, 0) is 0 Å². The molecule has 5 aromatic rings. The van der Waals surface area contributed by atoms with Crippen molar-refractivity contribution in [3.05, 3.63) is 48.7 Å². The van der Waals surface area contributed by atoms with Crippen molar-refractivity contribution < 1.29 is 9.15 Å². The van der Waals surface area contributed by atoms with E-state index in [0.717, 1.165) is 27.4 Å². The number of methoxy groups -OCH3 is 1. The first-order valence-electron chi connectivity index (χ1n) is 7.54. The summed E-state index contributed by atoms with van der Waals surface area (Å²) in [5.41, 5.74) is 1.57. The molecule has 5 rings (SSSR count). The topological polar surface area (TPSA) is 78.3 Å². The Morgan fingerprint density at radius 3 is 2.88 bits per heavy atom. The summed E-state index contributed by atoms with van der Waals surface area (Å²) in [7, 11) is 1.64. The zero-order valence-electron chi connectivity index (χ0n) is 13.1. The SMILES string of the molecule is COc1cccc2ccc(-c3nn4c(-c5ccco5)nnc4s3)nc12. The van der Waals surface area contributed by atoms with Gasteiger partial charge in [-0.1, -0.05) is 29.5 Å². The van der Waals surface area contributed by atoms with E-state index in [1.54, 1.807) is 24.0 Å². The molecule has 7 nitrogen and oxygen atoms in total. The summed E-state index contributed by atoms with van der Waals surface area (Å²) < 4.78 is 12.5. The Kier molecular flexibility index (Phi) is 3.04. The maximum Gasteiger partial charge on any atom is 0.235 e. The van der Waals surface area contributed by atoms with Crippen molar-refractivity contribution in [1.82, 2.24) is 24.8 Å². The molecular formula is C17H11N5O2S. The van der Waals surface area contributed by atoms with Crippen LogP contribution in [0.5, 0.6) is 5.75 Å². The van der Waals surface area contributed by atoms with Gasteiger partial charge in [-0.15, -0.1) is 10.2 Å². The van der Waals surface area contributed by atoms with Gasteiger partial charge in [-0.05, 0) is 24.3 Å².